The molecular weight excluding hydrogens is 522 g/mol. The number of anilines is 4. The minimum absolute atomic E-state index is 0.0444. The fourth-order valence-electron chi connectivity index (χ4n) is 4.84. The van der Waals surface area contributed by atoms with Crippen molar-refractivity contribution in [3.05, 3.63) is 54.2 Å². The number of pyridine rings is 1. The molecule has 41 heavy (non-hydrogen) atoms. The fraction of sp³-hybridized carbons (Fsp3) is 0.379. The van der Waals surface area contributed by atoms with E-state index in [1.54, 1.807) is 43.6 Å². The summed E-state index contributed by atoms with van der Waals surface area (Å²) >= 11 is 0. The number of nitrogens with zero attached hydrogens (tertiary/aromatic N) is 7. The Labute approximate surface area is 239 Å². The predicted octanol–water partition coefficient (Wildman–Crippen LogP) is 4.54. The molecule has 4 heterocycles. The highest BCUT2D eigenvalue weighted by Crippen LogP contribution is 2.37. The van der Waals surface area contributed by atoms with E-state index in [-0.39, 0.29) is 11.9 Å². The number of likely N-dealkylation sites (tertiary alicyclic amines) is 1. The summed E-state index contributed by atoms with van der Waals surface area (Å²) in [5.74, 6) is 2.58. The minimum Gasteiger partial charge on any atom is -0.494 e. The largest absolute Gasteiger partial charge is 0.494 e. The van der Waals surface area contributed by atoms with Crippen molar-refractivity contribution in [2.75, 3.05) is 31.3 Å². The molecule has 4 aromatic rings. The lowest BCUT2D eigenvalue weighted by molar-refractivity contribution is 0.0988. The number of carbonyl (C=O) groups excluding carboxylic acids is 1. The molecule has 214 valence electrons. The Morgan fingerprint density at radius 2 is 1.93 bits per heavy atom. The third-order valence-electron chi connectivity index (χ3n) is 7.14. The Balaban J connectivity index is 1.40. The van der Waals surface area contributed by atoms with Gasteiger partial charge in [0.1, 0.15) is 23.9 Å². The average Bonchev–Trinajstić information content (AvgIpc) is 3.53. The Hall–Kier alpha value is -4.58. The molecule has 0 unspecified atom stereocenters. The van der Waals surface area contributed by atoms with Crippen molar-refractivity contribution in [3.63, 3.8) is 0 Å². The van der Waals surface area contributed by atoms with Gasteiger partial charge in [-0.15, -0.1) is 0 Å². The number of aryl methyl sites for hydroxylation is 2. The number of nitrogens with one attached hydrogen (secondary N) is 2. The summed E-state index contributed by atoms with van der Waals surface area (Å²) in [5, 5.41) is 11.0. The molecule has 0 bridgehead atoms. The van der Waals surface area contributed by atoms with Crippen LogP contribution in [0, 0.1) is 6.92 Å². The van der Waals surface area contributed by atoms with Gasteiger partial charge in [-0.1, -0.05) is 13.0 Å². The van der Waals surface area contributed by atoms with Crippen molar-refractivity contribution >= 4 is 28.8 Å². The van der Waals surface area contributed by atoms with E-state index in [9.17, 15) is 4.79 Å². The molecule has 1 aliphatic rings. The van der Waals surface area contributed by atoms with Gasteiger partial charge in [0.2, 0.25) is 5.88 Å². The second kappa shape index (κ2) is 11.9. The fourth-order valence-corrected chi connectivity index (χ4v) is 4.84. The van der Waals surface area contributed by atoms with E-state index >= 15 is 0 Å². The van der Waals surface area contributed by atoms with Crippen LogP contribution in [0.3, 0.4) is 0 Å². The zero-order chi connectivity index (χ0) is 29.1. The van der Waals surface area contributed by atoms with Gasteiger partial charge >= 0.3 is 0 Å². The predicted molar refractivity (Wildman–Crippen MR) is 156 cm³/mol. The van der Waals surface area contributed by atoms with Crippen molar-refractivity contribution < 1.29 is 14.3 Å². The third kappa shape index (κ3) is 6.12. The molecular formula is C29H35N9O3. The number of hydrogen-bond donors (Lipinski definition) is 2. The second-order valence-electron chi connectivity index (χ2n) is 10.2. The SMILES string of the molecule is CCC(=O)c1cnc(Nc2cnc(O[C@@H]3C[C@H](C)N(C)C3)c(C)n2)cc1Nc1cccc(-c2ncn(C)n2)c1OC. The molecule has 1 saturated heterocycles. The van der Waals surface area contributed by atoms with Crippen molar-refractivity contribution in [2.45, 2.75) is 45.8 Å². The lowest BCUT2D eigenvalue weighted by Crippen LogP contribution is -2.24. The number of ether oxygens (including phenoxy) is 2. The Kier molecular flexibility index (Phi) is 8.11. The first-order valence-electron chi connectivity index (χ1n) is 13.6. The maximum absolute atomic E-state index is 12.8. The normalized spacial score (nSPS) is 16.9. The van der Waals surface area contributed by atoms with Crippen molar-refractivity contribution in [3.8, 4) is 23.0 Å². The molecule has 0 spiro atoms. The number of carbonyl (C=O) groups is 1. The quantitative estimate of drug-likeness (QED) is 0.266. The molecule has 5 rings (SSSR count). The zero-order valence-electron chi connectivity index (χ0n) is 24.2. The molecule has 0 amide bonds. The Morgan fingerprint density at radius 3 is 2.59 bits per heavy atom. The zero-order valence-corrected chi connectivity index (χ0v) is 24.2. The summed E-state index contributed by atoms with van der Waals surface area (Å²) < 4.78 is 13.5. The lowest BCUT2D eigenvalue weighted by Gasteiger charge is -2.17. The highest BCUT2D eigenvalue weighted by atomic mass is 16.5. The molecule has 1 fully saturated rings. The molecule has 12 heteroatoms. The molecule has 0 radical (unpaired) electrons. The van der Waals surface area contributed by atoms with E-state index in [0.717, 1.165) is 18.5 Å². The monoisotopic (exact) mass is 557 g/mol. The van der Waals surface area contributed by atoms with Gasteiger partial charge in [0.15, 0.2) is 23.2 Å². The molecule has 1 aliphatic heterocycles. The van der Waals surface area contributed by atoms with Crippen molar-refractivity contribution in [1.82, 2.24) is 34.6 Å². The number of rotatable bonds is 10. The molecule has 3 aromatic heterocycles. The average molecular weight is 558 g/mol. The Morgan fingerprint density at radius 1 is 1.10 bits per heavy atom. The third-order valence-corrected chi connectivity index (χ3v) is 7.14. The highest BCUT2D eigenvalue weighted by molar-refractivity contribution is 6.02. The maximum atomic E-state index is 12.8. The summed E-state index contributed by atoms with van der Waals surface area (Å²) in [6.45, 7) is 6.74. The molecule has 12 nitrogen and oxygen atoms in total. The topological polar surface area (TPSA) is 132 Å². The highest BCUT2D eigenvalue weighted by Gasteiger charge is 2.28. The number of para-hydroxylation sites is 1. The van der Waals surface area contributed by atoms with Crippen LogP contribution in [0.1, 0.15) is 42.7 Å². The molecule has 1 aromatic carbocycles. The molecule has 0 aliphatic carbocycles. The molecule has 2 atom stereocenters. The van der Waals surface area contributed by atoms with Gasteiger partial charge in [-0.3, -0.25) is 14.4 Å². The van der Waals surface area contributed by atoms with Gasteiger partial charge in [0, 0.05) is 44.7 Å². The second-order valence-corrected chi connectivity index (χ2v) is 10.2. The summed E-state index contributed by atoms with van der Waals surface area (Å²) in [4.78, 5) is 33.1. The summed E-state index contributed by atoms with van der Waals surface area (Å²) in [5.41, 5.74) is 3.09. The van der Waals surface area contributed by atoms with Crippen LogP contribution in [-0.4, -0.2) is 73.2 Å². The van der Waals surface area contributed by atoms with Gasteiger partial charge < -0.3 is 20.1 Å². The maximum Gasteiger partial charge on any atom is 0.235 e. The van der Waals surface area contributed by atoms with Crippen LogP contribution < -0.4 is 20.1 Å². The number of methoxy groups -OCH3 is 1. The number of benzene rings is 1. The van der Waals surface area contributed by atoms with E-state index in [1.807, 2.05) is 32.0 Å². The number of ketones is 1. The first-order chi connectivity index (χ1) is 19.7. The first kappa shape index (κ1) is 28.0. The van der Waals surface area contributed by atoms with Gasteiger partial charge in [-0.05, 0) is 33.0 Å². The smallest absolute Gasteiger partial charge is 0.235 e. The molecule has 2 N–H and O–H groups in total. The van der Waals surface area contributed by atoms with Gasteiger partial charge in [0.25, 0.3) is 0 Å². The van der Waals surface area contributed by atoms with Crippen LogP contribution >= 0.6 is 0 Å². The Bertz CT molecular complexity index is 1540. The van der Waals surface area contributed by atoms with Crippen LogP contribution in [0.15, 0.2) is 43.0 Å². The number of hydrogen-bond acceptors (Lipinski definition) is 11. The number of Topliss-reactive ketones (excluding diaryl/α,β-unsaturated/α-hetero) is 1. The van der Waals surface area contributed by atoms with Gasteiger partial charge in [-0.25, -0.2) is 19.9 Å². The number of aromatic nitrogens is 6. The van der Waals surface area contributed by atoms with E-state index in [4.69, 9.17) is 9.47 Å². The number of likely N-dealkylation sites (N-methyl/N-ethyl adjacent to an activating group) is 1. The van der Waals surface area contributed by atoms with Gasteiger partial charge in [0.05, 0.1) is 35.8 Å². The lowest BCUT2D eigenvalue weighted by atomic mass is 10.1. The van der Waals surface area contributed by atoms with E-state index < -0.39 is 0 Å². The van der Waals surface area contributed by atoms with Crippen LogP contribution in [0.5, 0.6) is 11.6 Å². The van der Waals surface area contributed by atoms with Crippen molar-refractivity contribution in [1.29, 1.82) is 0 Å². The standard InChI is InChI=1S/C29H35N9O3/c1-7-24(39)21-13-30-25(35-26-14-31-29(18(3)33-26)41-19-11-17(2)37(4)15-19)12-23(21)34-22-10-8-9-20(27(22)40-6)28-32-16-38(5)36-28/h8-10,12-14,16-17,19H,7,11,15H2,1-6H3,(H2,30,33,34,35)/t17-,19+/m0/s1. The minimum atomic E-state index is -0.0444. The summed E-state index contributed by atoms with van der Waals surface area (Å²) in [6, 6.07) is 7.88. The van der Waals surface area contributed by atoms with Crippen molar-refractivity contribution in [2.24, 2.45) is 7.05 Å². The summed E-state index contributed by atoms with van der Waals surface area (Å²) in [6.07, 6.45) is 6.18. The van der Waals surface area contributed by atoms with Crippen LogP contribution in [0.4, 0.5) is 23.0 Å². The van der Waals surface area contributed by atoms with Gasteiger partial charge in [-0.2, -0.15) is 5.10 Å². The van der Waals surface area contributed by atoms with E-state index in [2.05, 4.69) is 54.5 Å². The summed E-state index contributed by atoms with van der Waals surface area (Å²) in [7, 11) is 5.49. The van der Waals surface area contributed by atoms with Crippen LogP contribution in [-0.2, 0) is 7.05 Å². The van der Waals surface area contributed by atoms with Crippen LogP contribution in [0.2, 0.25) is 0 Å². The molecule has 0 saturated carbocycles. The van der Waals surface area contributed by atoms with E-state index in [0.29, 0.717) is 64.2 Å². The first-order valence-corrected chi connectivity index (χ1v) is 13.6. The van der Waals surface area contributed by atoms with Crippen LogP contribution in [0.25, 0.3) is 11.4 Å². The van der Waals surface area contributed by atoms with E-state index in [1.165, 1.54) is 0 Å².